The fraction of sp³-hybridized carbons (Fsp3) is 0.500. The van der Waals surface area contributed by atoms with Crippen molar-refractivity contribution in [3.05, 3.63) is 17.8 Å². The zero-order chi connectivity index (χ0) is 13.1. The van der Waals surface area contributed by atoms with Gasteiger partial charge in [0.25, 0.3) is 5.91 Å². The van der Waals surface area contributed by atoms with Crippen molar-refractivity contribution < 1.29 is 9.53 Å². The minimum Gasteiger partial charge on any atom is -0.397 e. The van der Waals surface area contributed by atoms with Gasteiger partial charge in [-0.1, -0.05) is 0 Å². The molecule has 1 aromatic rings. The lowest BCUT2D eigenvalue weighted by atomic mass is 10.2. The SMILES string of the molecule is CC1CN(c2cc(C(N)=O)c(N)cn2)CCCO1. The maximum atomic E-state index is 11.3. The monoisotopic (exact) mass is 250 g/mol. The van der Waals surface area contributed by atoms with Crippen LogP contribution < -0.4 is 16.4 Å². The minimum absolute atomic E-state index is 0.142. The zero-order valence-corrected chi connectivity index (χ0v) is 10.4. The second-order valence-corrected chi connectivity index (χ2v) is 4.47. The summed E-state index contributed by atoms with van der Waals surface area (Å²) in [6.45, 7) is 4.36. The van der Waals surface area contributed by atoms with Gasteiger partial charge in [-0.3, -0.25) is 4.79 Å². The third kappa shape index (κ3) is 2.70. The van der Waals surface area contributed by atoms with Crippen LogP contribution in [0.3, 0.4) is 0 Å². The van der Waals surface area contributed by atoms with E-state index in [1.54, 1.807) is 6.07 Å². The van der Waals surface area contributed by atoms with Gasteiger partial charge in [0.2, 0.25) is 0 Å². The topological polar surface area (TPSA) is 94.5 Å². The van der Waals surface area contributed by atoms with Gasteiger partial charge >= 0.3 is 0 Å². The highest BCUT2D eigenvalue weighted by Crippen LogP contribution is 2.20. The van der Waals surface area contributed by atoms with Crippen molar-refractivity contribution in [2.24, 2.45) is 5.73 Å². The van der Waals surface area contributed by atoms with E-state index in [1.165, 1.54) is 6.20 Å². The van der Waals surface area contributed by atoms with Crippen LogP contribution >= 0.6 is 0 Å². The lowest BCUT2D eigenvalue weighted by Gasteiger charge is -2.23. The van der Waals surface area contributed by atoms with Crippen molar-refractivity contribution in [1.82, 2.24) is 4.98 Å². The number of pyridine rings is 1. The highest BCUT2D eigenvalue weighted by atomic mass is 16.5. The van der Waals surface area contributed by atoms with Gasteiger partial charge in [0, 0.05) is 19.7 Å². The fourth-order valence-electron chi connectivity index (χ4n) is 2.04. The van der Waals surface area contributed by atoms with Gasteiger partial charge in [-0.15, -0.1) is 0 Å². The Balaban J connectivity index is 2.26. The molecule has 2 rings (SSSR count). The van der Waals surface area contributed by atoms with Crippen LogP contribution in [0.1, 0.15) is 23.7 Å². The van der Waals surface area contributed by atoms with Crippen LogP contribution in [0.4, 0.5) is 11.5 Å². The number of amides is 1. The average molecular weight is 250 g/mol. The molecule has 6 nitrogen and oxygen atoms in total. The van der Waals surface area contributed by atoms with Gasteiger partial charge in [-0.2, -0.15) is 0 Å². The van der Waals surface area contributed by atoms with Gasteiger partial charge in [-0.05, 0) is 19.4 Å². The molecule has 0 spiro atoms. The van der Waals surface area contributed by atoms with E-state index in [-0.39, 0.29) is 6.10 Å². The largest absolute Gasteiger partial charge is 0.397 e. The summed E-state index contributed by atoms with van der Waals surface area (Å²) in [5.41, 5.74) is 11.6. The zero-order valence-electron chi connectivity index (χ0n) is 10.4. The summed E-state index contributed by atoms with van der Waals surface area (Å²) < 4.78 is 5.57. The Hall–Kier alpha value is -1.82. The second kappa shape index (κ2) is 5.22. The van der Waals surface area contributed by atoms with Crippen LogP contribution in [0.25, 0.3) is 0 Å². The van der Waals surface area contributed by atoms with Gasteiger partial charge in [0.15, 0.2) is 0 Å². The Morgan fingerprint density at radius 1 is 1.61 bits per heavy atom. The molecule has 0 aromatic carbocycles. The molecule has 6 heteroatoms. The van der Waals surface area contributed by atoms with Crippen molar-refractivity contribution in [2.75, 3.05) is 30.3 Å². The first-order chi connectivity index (χ1) is 8.58. The van der Waals surface area contributed by atoms with Crippen molar-refractivity contribution >= 4 is 17.4 Å². The van der Waals surface area contributed by atoms with E-state index in [4.69, 9.17) is 16.2 Å². The number of rotatable bonds is 2. The molecule has 4 N–H and O–H groups in total. The Morgan fingerprint density at radius 2 is 2.39 bits per heavy atom. The molecule has 1 atom stereocenters. The lowest BCUT2D eigenvalue weighted by Crippen LogP contribution is -2.31. The van der Waals surface area contributed by atoms with Crippen LogP contribution in [-0.4, -0.2) is 36.7 Å². The summed E-state index contributed by atoms with van der Waals surface area (Å²) in [6.07, 6.45) is 2.55. The molecule has 18 heavy (non-hydrogen) atoms. The smallest absolute Gasteiger partial charge is 0.250 e. The predicted octanol–water partition coefficient (Wildman–Crippen LogP) is 0.378. The molecule has 1 amide bonds. The summed E-state index contributed by atoms with van der Waals surface area (Å²) in [6, 6.07) is 1.65. The first-order valence-corrected chi connectivity index (χ1v) is 6.00. The summed E-state index contributed by atoms with van der Waals surface area (Å²) in [7, 11) is 0. The van der Waals surface area contributed by atoms with Gasteiger partial charge < -0.3 is 21.1 Å². The number of nitrogen functional groups attached to an aromatic ring is 1. The number of nitrogens with zero attached hydrogens (tertiary/aromatic N) is 2. The Kier molecular flexibility index (Phi) is 3.66. The van der Waals surface area contributed by atoms with E-state index >= 15 is 0 Å². The molecule has 1 unspecified atom stereocenters. The maximum absolute atomic E-state index is 11.3. The molecule has 0 aliphatic carbocycles. The van der Waals surface area contributed by atoms with E-state index in [9.17, 15) is 4.79 Å². The van der Waals surface area contributed by atoms with Crippen LogP contribution in [0.15, 0.2) is 12.3 Å². The van der Waals surface area contributed by atoms with Gasteiger partial charge in [0.1, 0.15) is 5.82 Å². The molecular weight excluding hydrogens is 232 g/mol. The van der Waals surface area contributed by atoms with Crippen molar-refractivity contribution in [3.8, 4) is 0 Å². The fourth-order valence-corrected chi connectivity index (χ4v) is 2.04. The number of hydrogen-bond acceptors (Lipinski definition) is 5. The highest BCUT2D eigenvalue weighted by Gasteiger charge is 2.18. The number of aromatic nitrogens is 1. The van der Waals surface area contributed by atoms with E-state index < -0.39 is 5.91 Å². The minimum atomic E-state index is -0.532. The van der Waals surface area contributed by atoms with Crippen molar-refractivity contribution in [3.63, 3.8) is 0 Å². The number of ether oxygens (including phenoxy) is 1. The third-order valence-corrected chi connectivity index (χ3v) is 2.96. The Bertz CT molecular complexity index is 450. The molecule has 2 heterocycles. The van der Waals surface area contributed by atoms with E-state index in [0.717, 1.165) is 31.9 Å². The summed E-state index contributed by atoms with van der Waals surface area (Å²) in [5, 5.41) is 0. The normalized spacial score (nSPS) is 20.5. The van der Waals surface area contributed by atoms with Crippen molar-refractivity contribution in [1.29, 1.82) is 0 Å². The standard InChI is InChI=1S/C12H18N4O2/c1-8-7-16(3-2-4-18-8)11-5-9(12(14)17)10(13)6-15-11/h5-6,8H,2-4,7,13H2,1H3,(H2,14,17). The number of nitrogens with two attached hydrogens (primary N) is 2. The number of hydrogen-bond donors (Lipinski definition) is 2. The second-order valence-electron chi connectivity index (χ2n) is 4.47. The van der Waals surface area contributed by atoms with Crippen LogP contribution in [-0.2, 0) is 4.74 Å². The lowest BCUT2D eigenvalue weighted by molar-refractivity contribution is 0.0820. The molecule has 98 valence electrons. The predicted molar refractivity (Wildman–Crippen MR) is 69.4 cm³/mol. The maximum Gasteiger partial charge on any atom is 0.250 e. The summed E-state index contributed by atoms with van der Waals surface area (Å²) in [4.78, 5) is 17.6. The Morgan fingerprint density at radius 3 is 3.11 bits per heavy atom. The highest BCUT2D eigenvalue weighted by molar-refractivity contribution is 5.98. The first kappa shape index (κ1) is 12.6. The van der Waals surface area contributed by atoms with Crippen LogP contribution in [0, 0.1) is 0 Å². The molecule has 1 fully saturated rings. The molecule has 1 aromatic heterocycles. The number of carbonyl (C=O) groups is 1. The molecular formula is C12H18N4O2. The third-order valence-electron chi connectivity index (χ3n) is 2.96. The van der Waals surface area contributed by atoms with E-state index in [1.807, 2.05) is 6.92 Å². The summed E-state index contributed by atoms with van der Waals surface area (Å²) >= 11 is 0. The van der Waals surface area contributed by atoms with E-state index in [2.05, 4.69) is 9.88 Å². The summed E-state index contributed by atoms with van der Waals surface area (Å²) in [5.74, 6) is 0.186. The number of anilines is 2. The van der Waals surface area contributed by atoms with Crippen molar-refractivity contribution in [2.45, 2.75) is 19.4 Å². The number of carbonyl (C=O) groups excluding carboxylic acids is 1. The first-order valence-electron chi connectivity index (χ1n) is 6.00. The van der Waals surface area contributed by atoms with Crippen LogP contribution in [0.2, 0.25) is 0 Å². The molecule has 1 aliphatic rings. The number of primary amides is 1. The van der Waals surface area contributed by atoms with Gasteiger partial charge in [0.05, 0.1) is 23.6 Å². The molecule has 0 bridgehead atoms. The molecule has 0 saturated carbocycles. The van der Waals surface area contributed by atoms with Crippen LogP contribution in [0.5, 0.6) is 0 Å². The van der Waals surface area contributed by atoms with Gasteiger partial charge in [-0.25, -0.2) is 4.98 Å². The molecule has 0 radical (unpaired) electrons. The molecule has 1 saturated heterocycles. The molecule has 1 aliphatic heterocycles. The Labute approximate surface area is 106 Å². The quantitative estimate of drug-likeness (QED) is 0.791. The average Bonchev–Trinajstić information content (AvgIpc) is 2.54. The van der Waals surface area contributed by atoms with E-state index in [0.29, 0.717) is 11.3 Å².